The third-order valence-electron chi connectivity index (χ3n) is 3.54. The molecule has 3 nitrogen and oxygen atoms in total. The first kappa shape index (κ1) is 11.5. The van der Waals surface area contributed by atoms with Gasteiger partial charge < -0.3 is 4.90 Å². The second kappa shape index (κ2) is 3.89. The van der Waals surface area contributed by atoms with Gasteiger partial charge in [-0.25, -0.2) is 0 Å². The lowest BCUT2D eigenvalue weighted by Crippen LogP contribution is -2.45. The van der Waals surface area contributed by atoms with Crippen LogP contribution < -0.4 is 5.32 Å². The summed E-state index contributed by atoms with van der Waals surface area (Å²) < 4.78 is 0. The summed E-state index contributed by atoms with van der Waals surface area (Å²) in [6.45, 7) is 11.2. The van der Waals surface area contributed by atoms with Crippen LogP contribution in [0.15, 0.2) is 0 Å². The van der Waals surface area contributed by atoms with E-state index in [2.05, 4.69) is 33.0 Å². The molecule has 1 N–H and O–H groups in total. The molecular formula is C11H22N2O. The van der Waals surface area contributed by atoms with Crippen LogP contribution in [0.1, 0.15) is 41.0 Å². The molecule has 0 aliphatic carbocycles. The zero-order valence-corrected chi connectivity index (χ0v) is 9.92. The van der Waals surface area contributed by atoms with E-state index in [1.54, 1.807) is 0 Å². The minimum Gasteiger partial charge on any atom is -0.325 e. The standard InChI is InChI=1S/C11H22N2O/c1-6-11(5)10(14)13(7-12-11)9(4)8(2)3/h8-9,12H,6-7H2,1-5H3. The van der Waals surface area contributed by atoms with Crippen LogP contribution in [0, 0.1) is 5.92 Å². The molecule has 0 bridgehead atoms. The average molecular weight is 198 g/mol. The van der Waals surface area contributed by atoms with Crippen molar-refractivity contribution >= 4 is 5.91 Å². The molecule has 14 heavy (non-hydrogen) atoms. The second-order valence-corrected chi connectivity index (χ2v) is 4.78. The van der Waals surface area contributed by atoms with Crippen LogP contribution in [0.25, 0.3) is 0 Å². The van der Waals surface area contributed by atoms with Gasteiger partial charge >= 0.3 is 0 Å². The molecule has 0 saturated carbocycles. The number of amides is 1. The molecule has 0 aromatic carbocycles. The van der Waals surface area contributed by atoms with Gasteiger partial charge in [-0.05, 0) is 26.2 Å². The van der Waals surface area contributed by atoms with Crippen LogP contribution in [-0.4, -0.2) is 29.1 Å². The zero-order chi connectivity index (χ0) is 10.9. The highest BCUT2D eigenvalue weighted by atomic mass is 16.2. The molecule has 2 unspecified atom stereocenters. The molecule has 1 fully saturated rings. The van der Waals surface area contributed by atoms with Gasteiger partial charge in [0.2, 0.25) is 5.91 Å². The van der Waals surface area contributed by atoms with E-state index in [1.165, 1.54) is 0 Å². The maximum Gasteiger partial charge on any atom is 0.243 e. The Bertz CT molecular complexity index is 227. The molecular weight excluding hydrogens is 176 g/mol. The number of rotatable bonds is 3. The summed E-state index contributed by atoms with van der Waals surface area (Å²) in [4.78, 5) is 14.0. The first-order valence-corrected chi connectivity index (χ1v) is 5.48. The van der Waals surface area contributed by atoms with E-state index in [0.717, 1.165) is 6.42 Å². The number of carbonyl (C=O) groups is 1. The third-order valence-corrected chi connectivity index (χ3v) is 3.54. The zero-order valence-electron chi connectivity index (χ0n) is 9.92. The molecule has 1 rings (SSSR count). The van der Waals surface area contributed by atoms with Gasteiger partial charge in [0.05, 0.1) is 12.2 Å². The molecule has 0 radical (unpaired) electrons. The molecule has 1 saturated heterocycles. The van der Waals surface area contributed by atoms with E-state index in [9.17, 15) is 4.79 Å². The van der Waals surface area contributed by atoms with Crippen LogP contribution >= 0.6 is 0 Å². The Morgan fingerprint density at radius 3 is 2.43 bits per heavy atom. The number of nitrogens with one attached hydrogen (secondary N) is 1. The predicted octanol–water partition coefficient (Wildman–Crippen LogP) is 1.59. The Morgan fingerprint density at radius 1 is 1.50 bits per heavy atom. The Kier molecular flexibility index (Phi) is 3.20. The van der Waals surface area contributed by atoms with Crippen molar-refractivity contribution in [1.82, 2.24) is 10.2 Å². The van der Waals surface area contributed by atoms with Gasteiger partial charge in [-0.3, -0.25) is 10.1 Å². The van der Waals surface area contributed by atoms with Crippen molar-refractivity contribution in [2.45, 2.75) is 52.6 Å². The minimum absolute atomic E-state index is 0.251. The Hall–Kier alpha value is -0.570. The SMILES string of the molecule is CCC1(C)NCN(C(C)C(C)C)C1=O. The van der Waals surface area contributed by atoms with E-state index in [-0.39, 0.29) is 11.4 Å². The van der Waals surface area contributed by atoms with Crippen LogP contribution in [0.2, 0.25) is 0 Å². The van der Waals surface area contributed by atoms with Gasteiger partial charge in [0.1, 0.15) is 0 Å². The summed E-state index contributed by atoms with van der Waals surface area (Å²) in [6.07, 6.45) is 0.854. The maximum absolute atomic E-state index is 12.1. The monoisotopic (exact) mass is 198 g/mol. The van der Waals surface area contributed by atoms with Crippen LogP contribution in [0.3, 0.4) is 0 Å². The van der Waals surface area contributed by atoms with Crippen molar-refractivity contribution in [1.29, 1.82) is 0 Å². The van der Waals surface area contributed by atoms with Crippen LogP contribution in [-0.2, 0) is 4.79 Å². The fraction of sp³-hybridized carbons (Fsp3) is 0.909. The summed E-state index contributed by atoms with van der Waals surface area (Å²) in [5.74, 6) is 0.765. The molecule has 0 aromatic rings. The van der Waals surface area contributed by atoms with Crippen LogP contribution in [0.4, 0.5) is 0 Å². The van der Waals surface area contributed by atoms with Gasteiger partial charge in [-0.1, -0.05) is 20.8 Å². The minimum atomic E-state index is -0.330. The quantitative estimate of drug-likeness (QED) is 0.747. The molecule has 1 heterocycles. The Labute approximate surface area is 86.9 Å². The lowest BCUT2D eigenvalue weighted by atomic mass is 9.97. The molecule has 0 spiro atoms. The molecule has 1 amide bonds. The maximum atomic E-state index is 12.1. The molecule has 1 aliphatic rings. The smallest absolute Gasteiger partial charge is 0.243 e. The predicted molar refractivity (Wildman–Crippen MR) is 57.8 cm³/mol. The highest BCUT2D eigenvalue weighted by Crippen LogP contribution is 2.23. The van der Waals surface area contributed by atoms with Crippen molar-refractivity contribution < 1.29 is 4.79 Å². The summed E-state index contributed by atoms with van der Waals surface area (Å²) in [7, 11) is 0. The van der Waals surface area contributed by atoms with E-state index >= 15 is 0 Å². The number of nitrogens with zero attached hydrogens (tertiary/aromatic N) is 1. The molecule has 82 valence electrons. The average Bonchev–Trinajstić information content (AvgIpc) is 2.44. The summed E-state index contributed by atoms with van der Waals surface area (Å²) in [5.41, 5.74) is -0.330. The molecule has 2 atom stereocenters. The van der Waals surface area contributed by atoms with Gasteiger partial charge in [0, 0.05) is 6.04 Å². The first-order valence-electron chi connectivity index (χ1n) is 5.48. The van der Waals surface area contributed by atoms with E-state index in [4.69, 9.17) is 0 Å². The van der Waals surface area contributed by atoms with Crippen molar-refractivity contribution in [3.63, 3.8) is 0 Å². The lowest BCUT2D eigenvalue weighted by molar-refractivity contribution is -0.134. The summed E-state index contributed by atoms with van der Waals surface area (Å²) in [5, 5.41) is 3.29. The van der Waals surface area contributed by atoms with Crippen molar-refractivity contribution in [2.75, 3.05) is 6.67 Å². The number of hydrogen-bond donors (Lipinski definition) is 1. The highest BCUT2D eigenvalue weighted by Gasteiger charge is 2.42. The molecule has 3 heteroatoms. The van der Waals surface area contributed by atoms with Crippen molar-refractivity contribution in [3.8, 4) is 0 Å². The van der Waals surface area contributed by atoms with Crippen molar-refractivity contribution in [3.05, 3.63) is 0 Å². The van der Waals surface area contributed by atoms with Gasteiger partial charge in [0.15, 0.2) is 0 Å². The second-order valence-electron chi connectivity index (χ2n) is 4.78. The molecule has 0 aromatic heterocycles. The summed E-state index contributed by atoms with van der Waals surface area (Å²) >= 11 is 0. The highest BCUT2D eigenvalue weighted by molar-refractivity contribution is 5.88. The van der Waals surface area contributed by atoms with Gasteiger partial charge in [0.25, 0.3) is 0 Å². The lowest BCUT2D eigenvalue weighted by Gasteiger charge is -2.28. The first-order chi connectivity index (χ1) is 6.42. The number of hydrogen-bond acceptors (Lipinski definition) is 2. The van der Waals surface area contributed by atoms with Crippen LogP contribution in [0.5, 0.6) is 0 Å². The Balaban J connectivity index is 2.74. The Morgan fingerprint density at radius 2 is 2.07 bits per heavy atom. The normalized spacial score (nSPS) is 30.1. The fourth-order valence-electron chi connectivity index (χ4n) is 1.69. The number of carbonyl (C=O) groups excluding carboxylic acids is 1. The van der Waals surface area contributed by atoms with Crippen molar-refractivity contribution in [2.24, 2.45) is 5.92 Å². The third kappa shape index (κ3) is 1.78. The van der Waals surface area contributed by atoms with E-state index in [1.807, 2.05) is 11.8 Å². The fourth-order valence-corrected chi connectivity index (χ4v) is 1.69. The topological polar surface area (TPSA) is 32.3 Å². The van der Waals surface area contributed by atoms with Gasteiger partial charge in [-0.2, -0.15) is 0 Å². The van der Waals surface area contributed by atoms with E-state index < -0.39 is 0 Å². The summed E-state index contributed by atoms with van der Waals surface area (Å²) in [6, 6.07) is 0.323. The largest absolute Gasteiger partial charge is 0.325 e. The van der Waals surface area contributed by atoms with E-state index in [0.29, 0.717) is 18.6 Å². The molecule has 1 aliphatic heterocycles. The van der Waals surface area contributed by atoms with Gasteiger partial charge in [-0.15, -0.1) is 0 Å².